The van der Waals surface area contributed by atoms with Gasteiger partial charge in [-0.15, -0.1) is 0 Å². The summed E-state index contributed by atoms with van der Waals surface area (Å²) in [4.78, 5) is 0.119. The van der Waals surface area contributed by atoms with Gasteiger partial charge in [0.15, 0.2) is 0 Å². The van der Waals surface area contributed by atoms with Crippen LogP contribution in [0, 0.1) is 13.8 Å². The highest BCUT2D eigenvalue weighted by molar-refractivity contribution is 7.92. The Hall–Kier alpha value is -1.61. The van der Waals surface area contributed by atoms with E-state index in [-0.39, 0.29) is 15.8 Å². The zero-order valence-electron chi connectivity index (χ0n) is 15.8. The summed E-state index contributed by atoms with van der Waals surface area (Å²) in [6.45, 7) is 6.86. The molecule has 0 saturated heterocycles. The minimum absolute atomic E-state index is 0.0509. The molecule has 0 unspecified atom stereocenters. The molecule has 2 aromatic rings. The summed E-state index contributed by atoms with van der Waals surface area (Å²) < 4.78 is 54.7. The van der Waals surface area contributed by atoms with E-state index in [0.29, 0.717) is 21.8 Å². The smallest absolute Gasteiger partial charge is 0.264 e. The maximum atomic E-state index is 12.9. The zero-order valence-corrected chi connectivity index (χ0v) is 18.2. The Kier molecular flexibility index (Phi) is 6.26. The number of hydrogen-bond donors (Lipinski definition) is 1. The molecule has 0 heterocycles. The minimum atomic E-state index is -3.87. The summed E-state index contributed by atoms with van der Waals surface area (Å²) in [7, 11) is -6.24. The molecule has 9 heteroatoms. The zero-order chi connectivity index (χ0) is 20.6. The van der Waals surface area contributed by atoms with Crippen LogP contribution in [0.3, 0.4) is 0 Å². The highest BCUT2D eigenvalue weighted by Crippen LogP contribution is 2.30. The summed E-state index contributed by atoms with van der Waals surface area (Å²) in [5, 5.41) is 0.427. The Balaban J connectivity index is 2.58. The molecular formula is C18H23ClN2O4S2. The third kappa shape index (κ3) is 4.63. The van der Waals surface area contributed by atoms with Crippen molar-refractivity contribution < 1.29 is 16.8 Å². The van der Waals surface area contributed by atoms with Crippen molar-refractivity contribution in [1.29, 1.82) is 0 Å². The molecule has 0 fully saturated rings. The standard InChI is InChI=1S/C18H23ClN2O4S2/c1-12(2)20-26(22,23)18-11-17(13(3)10-14(18)4)21(5)27(24,25)16-8-6-15(19)7-9-16/h6-12,20H,1-5H3. The highest BCUT2D eigenvalue weighted by atomic mass is 35.5. The van der Waals surface area contributed by atoms with Crippen LogP contribution in [0.1, 0.15) is 25.0 Å². The average Bonchev–Trinajstić information content (AvgIpc) is 2.53. The first-order chi connectivity index (χ1) is 12.4. The van der Waals surface area contributed by atoms with Crippen LogP contribution >= 0.6 is 11.6 Å². The van der Waals surface area contributed by atoms with Crippen LogP contribution in [-0.4, -0.2) is 29.9 Å². The van der Waals surface area contributed by atoms with Gasteiger partial charge in [-0.1, -0.05) is 17.7 Å². The molecule has 148 valence electrons. The van der Waals surface area contributed by atoms with Gasteiger partial charge in [-0.05, 0) is 69.2 Å². The van der Waals surface area contributed by atoms with Gasteiger partial charge in [-0.2, -0.15) is 0 Å². The second kappa shape index (κ2) is 7.79. The number of hydrogen-bond acceptors (Lipinski definition) is 4. The van der Waals surface area contributed by atoms with E-state index in [2.05, 4.69) is 4.72 Å². The Bertz CT molecular complexity index is 1050. The molecular weight excluding hydrogens is 408 g/mol. The molecule has 2 aromatic carbocycles. The lowest BCUT2D eigenvalue weighted by atomic mass is 10.1. The third-order valence-electron chi connectivity index (χ3n) is 3.99. The summed E-state index contributed by atoms with van der Waals surface area (Å²) >= 11 is 5.83. The number of rotatable bonds is 6. The van der Waals surface area contributed by atoms with Gasteiger partial charge in [-0.25, -0.2) is 21.6 Å². The SMILES string of the molecule is Cc1cc(C)c(S(=O)(=O)NC(C)C)cc1N(C)S(=O)(=O)c1ccc(Cl)cc1. The van der Waals surface area contributed by atoms with E-state index in [1.165, 1.54) is 37.4 Å². The fraction of sp³-hybridized carbons (Fsp3) is 0.333. The Labute approximate surface area is 166 Å². The lowest BCUT2D eigenvalue weighted by Gasteiger charge is -2.23. The molecule has 0 aliphatic rings. The predicted octanol–water partition coefficient (Wildman–Crippen LogP) is 3.47. The van der Waals surface area contributed by atoms with Crippen molar-refractivity contribution in [3.05, 3.63) is 52.5 Å². The topological polar surface area (TPSA) is 83.6 Å². The van der Waals surface area contributed by atoms with Crippen LogP contribution < -0.4 is 9.03 Å². The second-order valence-electron chi connectivity index (χ2n) is 6.61. The van der Waals surface area contributed by atoms with Crippen LogP contribution in [0.15, 0.2) is 46.2 Å². The molecule has 0 amide bonds. The number of nitrogens with one attached hydrogen (secondary N) is 1. The second-order valence-corrected chi connectivity index (χ2v) is 10.7. The average molecular weight is 431 g/mol. The third-order valence-corrected chi connectivity index (χ3v) is 7.82. The molecule has 6 nitrogen and oxygen atoms in total. The van der Waals surface area contributed by atoms with Crippen LogP contribution in [0.4, 0.5) is 5.69 Å². The van der Waals surface area contributed by atoms with Gasteiger partial charge in [0.2, 0.25) is 10.0 Å². The van der Waals surface area contributed by atoms with E-state index in [4.69, 9.17) is 11.6 Å². The summed E-state index contributed by atoms with van der Waals surface area (Å²) in [6.07, 6.45) is 0. The van der Waals surface area contributed by atoms with Gasteiger partial charge < -0.3 is 0 Å². The number of aryl methyl sites for hydroxylation is 2. The van der Waals surface area contributed by atoms with Crippen molar-refractivity contribution in [2.75, 3.05) is 11.4 Å². The van der Waals surface area contributed by atoms with Crippen molar-refractivity contribution in [1.82, 2.24) is 4.72 Å². The predicted molar refractivity (Wildman–Crippen MR) is 108 cm³/mol. The lowest BCUT2D eigenvalue weighted by Crippen LogP contribution is -2.31. The molecule has 0 saturated carbocycles. The molecule has 1 N–H and O–H groups in total. The summed E-state index contributed by atoms with van der Waals surface area (Å²) in [6, 6.07) is 8.58. The molecule has 0 bridgehead atoms. The van der Waals surface area contributed by atoms with E-state index < -0.39 is 20.0 Å². The van der Waals surface area contributed by atoms with Crippen molar-refractivity contribution in [2.45, 2.75) is 43.5 Å². The van der Waals surface area contributed by atoms with E-state index in [0.717, 1.165) is 4.31 Å². The fourth-order valence-electron chi connectivity index (χ4n) is 2.72. The molecule has 27 heavy (non-hydrogen) atoms. The number of halogens is 1. The van der Waals surface area contributed by atoms with E-state index >= 15 is 0 Å². The largest absolute Gasteiger partial charge is 0.269 e. The maximum Gasteiger partial charge on any atom is 0.264 e. The van der Waals surface area contributed by atoms with Gasteiger partial charge in [0, 0.05) is 18.1 Å². The molecule has 2 rings (SSSR count). The Morgan fingerprint density at radius 2 is 1.52 bits per heavy atom. The first-order valence-electron chi connectivity index (χ1n) is 8.24. The molecule has 0 radical (unpaired) electrons. The Morgan fingerprint density at radius 1 is 0.963 bits per heavy atom. The summed E-state index contributed by atoms with van der Waals surface area (Å²) in [5.74, 6) is 0. The fourth-order valence-corrected chi connectivity index (χ4v) is 5.59. The van der Waals surface area contributed by atoms with Crippen LogP contribution in [0.5, 0.6) is 0 Å². The van der Waals surface area contributed by atoms with E-state index in [1.54, 1.807) is 33.8 Å². The van der Waals surface area contributed by atoms with Gasteiger partial charge >= 0.3 is 0 Å². The molecule has 0 aromatic heterocycles. The minimum Gasteiger partial charge on any atom is -0.269 e. The normalized spacial score (nSPS) is 12.4. The monoisotopic (exact) mass is 430 g/mol. The van der Waals surface area contributed by atoms with E-state index in [9.17, 15) is 16.8 Å². The van der Waals surface area contributed by atoms with Gasteiger partial charge in [0.1, 0.15) is 0 Å². The quantitative estimate of drug-likeness (QED) is 0.760. The highest BCUT2D eigenvalue weighted by Gasteiger charge is 2.26. The summed E-state index contributed by atoms with van der Waals surface area (Å²) in [5.41, 5.74) is 1.48. The van der Waals surface area contributed by atoms with Crippen molar-refractivity contribution >= 4 is 37.3 Å². The first-order valence-corrected chi connectivity index (χ1v) is 11.5. The van der Waals surface area contributed by atoms with Gasteiger partial charge in [-0.3, -0.25) is 4.31 Å². The van der Waals surface area contributed by atoms with E-state index in [1.807, 2.05) is 0 Å². The van der Waals surface area contributed by atoms with Crippen LogP contribution in [0.25, 0.3) is 0 Å². The van der Waals surface area contributed by atoms with Gasteiger partial charge in [0.05, 0.1) is 15.5 Å². The van der Waals surface area contributed by atoms with Crippen molar-refractivity contribution in [2.24, 2.45) is 0 Å². The number of benzene rings is 2. The molecule has 0 spiro atoms. The lowest BCUT2D eigenvalue weighted by molar-refractivity contribution is 0.569. The molecule has 0 aliphatic heterocycles. The number of anilines is 1. The number of nitrogens with zero attached hydrogens (tertiary/aromatic N) is 1. The molecule has 0 atom stereocenters. The van der Waals surface area contributed by atoms with Gasteiger partial charge in [0.25, 0.3) is 10.0 Å². The molecule has 0 aliphatic carbocycles. The van der Waals surface area contributed by atoms with Crippen LogP contribution in [-0.2, 0) is 20.0 Å². The maximum absolute atomic E-state index is 12.9. The van der Waals surface area contributed by atoms with Crippen LogP contribution in [0.2, 0.25) is 5.02 Å². The Morgan fingerprint density at radius 3 is 2.04 bits per heavy atom. The first kappa shape index (κ1) is 21.7. The van der Waals surface area contributed by atoms with Crippen molar-refractivity contribution in [3.8, 4) is 0 Å². The van der Waals surface area contributed by atoms with Crippen molar-refractivity contribution in [3.63, 3.8) is 0 Å². The number of sulfonamides is 2.